The van der Waals surface area contributed by atoms with Gasteiger partial charge in [-0.1, -0.05) is 36.2 Å². The number of alkyl halides is 1. The van der Waals surface area contributed by atoms with Crippen molar-refractivity contribution in [2.24, 2.45) is 28.6 Å². The number of fused-ring (bicyclic) bond motifs is 2. The molecule has 4 rings (SSSR count). The number of halogens is 1. The molecule has 0 aromatic heterocycles. The van der Waals surface area contributed by atoms with Crippen molar-refractivity contribution < 1.29 is 38.7 Å². The molecule has 0 spiro atoms. The standard InChI is InChI=1S/C24H37BrO8/c1-13-8-19(31-15(3)27)24(12-30-14(2)26)17(6-5-7-23(24,29)11-25)22(13,4)18-9-16-10-20(28)33-21(16)32-18/h13,16-21,28-29H,5-12H2,1-4H3/t13-,16+,17-,18?,19+,20?,21-,22+,23+,24+/m1/s1. The van der Waals surface area contributed by atoms with E-state index in [1.165, 1.54) is 13.8 Å². The van der Waals surface area contributed by atoms with E-state index in [9.17, 15) is 19.8 Å². The van der Waals surface area contributed by atoms with Crippen LogP contribution in [0.5, 0.6) is 0 Å². The molecule has 0 aromatic rings. The van der Waals surface area contributed by atoms with E-state index in [1.54, 1.807) is 0 Å². The Bertz CT molecular complexity index is 764. The van der Waals surface area contributed by atoms with E-state index < -0.39 is 41.6 Å². The zero-order valence-corrected chi connectivity index (χ0v) is 21.5. The van der Waals surface area contributed by atoms with Crippen molar-refractivity contribution in [3.05, 3.63) is 0 Å². The number of aliphatic hydroxyl groups is 2. The molecular formula is C24H37BrO8. The summed E-state index contributed by atoms with van der Waals surface area (Å²) in [5.41, 5.74) is -2.59. The first-order valence-corrected chi connectivity index (χ1v) is 13.2. The molecule has 188 valence electrons. The van der Waals surface area contributed by atoms with Crippen LogP contribution in [0.4, 0.5) is 0 Å². The molecule has 10 atom stereocenters. The van der Waals surface area contributed by atoms with Gasteiger partial charge in [-0.05, 0) is 37.5 Å². The first kappa shape index (κ1) is 25.4. The quantitative estimate of drug-likeness (QED) is 0.410. The highest BCUT2D eigenvalue weighted by Gasteiger charge is 2.71. The van der Waals surface area contributed by atoms with Gasteiger partial charge < -0.3 is 29.2 Å². The second-order valence-corrected chi connectivity index (χ2v) is 11.4. The molecule has 4 aliphatic rings. The third-order valence-electron chi connectivity index (χ3n) is 9.26. The van der Waals surface area contributed by atoms with Crippen molar-refractivity contribution in [2.45, 2.75) is 96.6 Å². The van der Waals surface area contributed by atoms with E-state index in [0.717, 1.165) is 19.3 Å². The van der Waals surface area contributed by atoms with Gasteiger partial charge in [-0.15, -0.1) is 0 Å². The lowest BCUT2D eigenvalue weighted by Crippen LogP contribution is -2.72. The van der Waals surface area contributed by atoms with E-state index in [2.05, 4.69) is 29.8 Å². The minimum atomic E-state index is -1.23. The maximum Gasteiger partial charge on any atom is 0.302 e. The first-order chi connectivity index (χ1) is 15.5. The van der Waals surface area contributed by atoms with Crippen LogP contribution in [0.2, 0.25) is 0 Å². The van der Waals surface area contributed by atoms with Gasteiger partial charge in [0.05, 0.1) is 17.1 Å². The van der Waals surface area contributed by atoms with Crippen molar-refractivity contribution >= 4 is 27.9 Å². The lowest BCUT2D eigenvalue weighted by atomic mass is 9.41. The molecule has 0 bridgehead atoms. The Kier molecular flexibility index (Phi) is 6.95. The Balaban J connectivity index is 1.79. The van der Waals surface area contributed by atoms with Gasteiger partial charge in [-0.2, -0.15) is 0 Å². The fraction of sp³-hybridized carbons (Fsp3) is 0.917. The average Bonchev–Trinajstić information content (AvgIpc) is 3.28. The number of esters is 2. The van der Waals surface area contributed by atoms with Crippen LogP contribution in [-0.4, -0.2) is 64.5 Å². The summed E-state index contributed by atoms with van der Waals surface area (Å²) in [6.45, 7) is 7.08. The second-order valence-electron chi connectivity index (χ2n) is 10.8. The fourth-order valence-corrected chi connectivity index (χ4v) is 8.30. The molecule has 2 saturated carbocycles. The summed E-state index contributed by atoms with van der Waals surface area (Å²) in [5, 5.41) is 22.2. The Hall–Kier alpha value is -0.740. The van der Waals surface area contributed by atoms with Crippen LogP contribution < -0.4 is 0 Å². The molecule has 2 aliphatic heterocycles. The van der Waals surface area contributed by atoms with Crippen molar-refractivity contribution in [1.82, 2.24) is 0 Å². The van der Waals surface area contributed by atoms with Crippen LogP contribution in [0.3, 0.4) is 0 Å². The van der Waals surface area contributed by atoms with Gasteiger partial charge in [-0.25, -0.2) is 0 Å². The second kappa shape index (κ2) is 9.04. The SMILES string of the molecule is CC(=O)OC[C@@]12[C@@H](OC(C)=O)C[C@@H](C)[C@](C)(C3C[C@H]4CC(O)O[C@H]4O3)[C@H]1CCC[C@]2(O)CBr. The minimum absolute atomic E-state index is 0.0237. The van der Waals surface area contributed by atoms with Gasteiger partial charge in [0.15, 0.2) is 12.6 Å². The molecule has 2 N–H and O–H groups in total. The number of hydrogen-bond acceptors (Lipinski definition) is 8. The topological polar surface area (TPSA) is 112 Å². The lowest BCUT2D eigenvalue weighted by Gasteiger charge is -2.66. The molecule has 8 nitrogen and oxygen atoms in total. The molecule has 4 fully saturated rings. The smallest absolute Gasteiger partial charge is 0.302 e. The lowest BCUT2D eigenvalue weighted by molar-refractivity contribution is -0.289. The molecule has 0 radical (unpaired) electrons. The van der Waals surface area contributed by atoms with E-state index >= 15 is 0 Å². The molecule has 2 aliphatic carbocycles. The van der Waals surface area contributed by atoms with Gasteiger partial charge in [0.2, 0.25) is 0 Å². The van der Waals surface area contributed by atoms with Crippen molar-refractivity contribution in [1.29, 1.82) is 0 Å². The Labute approximate surface area is 203 Å². The van der Waals surface area contributed by atoms with Gasteiger partial charge in [0.1, 0.15) is 12.7 Å². The summed E-state index contributed by atoms with van der Waals surface area (Å²) in [6.07, 6.45) is 2.00. The van der Waals surface area contributed by atoms with E-state index in [1.807, 2.05) is 0 Å². The Morgan fingerprint density at radius 3 is 2.48 bits per heavy atom. The van der Waals surface area contributed by atoms with Crippen LogP contribution in [0, 0.1) is 28.6 Å². The molecule has 9 heteroatoms. The Morgan fingerprint density at radius 2 is 1.88 bits per heavy atom. The average molecular weight is 533 g/mol. The zero-order valence-electron chi connectivity index (χ0n) is 19.9. The summed E-state index contributed by atoms with van der Waals surface area (Å²) in [5.74, 6) is -0.720. The first-order valence-electron chi connectivity index (χ1n) is 12.1. The van der Waals surface area contributed by atoms with Crippen molar-refractivity contribution in [3.8, 4) is 0 Å². The highest BCUT2D eigenvalue weighted by atomic mass is 79.9. The molecule has 0 amide bonds. The van der Waals surface area contributed by atoms with Gasteiger partial charge in [0.25, 0.3) is 0 Å². The number of aliphatic hydroxyl groups excluding tert-OH is 1. The molecular weight excluding hydrogens is 496 g/mol. The number of carbonyl (C=O) groups is 2. The summed E-state index contributed by atoms with van der Waals surface area (Å²) >= 11 is 3.54. The van der Waals surface area contributed by atoms with E-state index in [-0.39, 0.29) is 41.2 Å². The fourth-order valence-electron chi connectivity index (χ4n) is 7.50. The molecule has 0 aromatic carbocycles. The highest BCUT2D eigenvalue weighted by molar-refractivity contribution is 9.09. The predicted molar refractivity (Wildman–Crippen MR) is 121 cm³/mol. The third-order valence-corrected chi connectivity index (χ3v) is 10.2. The van der Waals surface area contributed by atoms with Gasteiger partial charge in [0, 0.05) is 36.9 Å². The van der Waals surface area contributed by atoms with Crippen LogP contribution >= 0.6 is 15.9 Å². The van der Waals surface area contributed by atoms with Crippen molar-refractivity contribution in [2.75, 3.05) is 11.9 Å². The molecule has 33 heavy (non-hydrogen) atoms. The summed E-state index contributed by atoms with van der Waals surface area (Å²) < 4.78 is 23.5. The Morgan fingerprint density at radius 1 is 1.15 bits per heavy atom. The van der Waals surface area contributed by atoms with Crippen LogP contribution in [0.1, 0.15) is 66.2 Å². The zero-order chi connectivity index (χ0) is 24.2. The summed E-state index contributed by atoms with van der Waals surface area (Å²) in [6, 6.07) is 0. The maximum absolute atomic E-state index is 12.2. The molecule has 2 unspecified atom stereocenters. The van der Waals surface area contributed by atoms with Crippen LogP contribution in [0.25, 0.3) is 0 Å². The van der Waals surface area contributed by atoms with Crippen molar-refractivity contribution in [3.63, 3.8) is 0 Å². The minimum Gasteiger partial charge on any atom is -0.465 e. The number of rotatable bonds is 5. The molecule has 2 heterocycles. The largest absolute Gasteiger partial charge is 0.465 e. The van der Waals surface area contributed by atoms with E-state index in [0.29, 0.717) is 19.3 Å². The summed E-state index contributed by atoms with van der Waals surface area (Å²) in [4.78, 5) is 24.1. The number of hydrogen-bond donors (Lipinski definition) is 2. The number of carbonyl (C=O) groups excluding carboxylic acids is 2. The van der Waals surface area contributed by atoms with Crippen LogP contribution in [-0.2, 0) is 28.5 Å². The summed E-state index contributed by atoms with van der Waals surface area (Å²) in [7, 11) is 0. The normalized spacial score (nSPS) is 49.2. The monoisotopic (exact) mass is 532 g/mol. The highest BCUT2D eigenvalue weighted by Crippen LogP contribution is 2.67. The number of ether oxygens (including phenoxy) is 4. The third kappa shape index (κ3) is 3.96. The van der Waals surface area contributed by atoms with Gasteiger partial charge in [-0.3, -0.25) is 9.59 Å². The predicted octanol–water partition coefficient (Wildman–Crippen LogP) is 2.91. The van der Waals surface area contributed by atoms with Crippen LogP contribution in [0.15, 0.2) is 0 Å². The maximum atomic E-state index is 12.2. The van der Waals surface area contributed by atoms with Gasteiger partial charge >= 0.3 is 11.9 Å². The molecule has 2 saturated heterocycles. The van der Waals surface area contributed by atoms with E-state index in [4.69, 9.17) is 18.9 Å².